The summed E-state index contributed by atoms with van der Waals surface area (Å²) in [5.74, 6) is -1.05. The third-order valence-electron chi connectivity index (χ3n) is 10.00. The maximum Gasteiger partial charge on any atom is 0.338 e. The first kappa shape index (κ1) is 40.9. The molecule has 5 aromatic carbocycles. The zero-order valence-electron chi connectivity index (χ0n) is 32.0. The second-order valence-electron chi connectivity index (χ2n) is 14.1. The van der Waals surface area contributed by atoms with Crippen molar-refractivity contribution in [2.45, 2.75) is 81.9 Å². The molecule has 0 unspecified atom stereocenters. The van der Waals surface area contributed by atoms with Gasteiger partial charge in [0.2, 0.25) is 0 Å². The molecular formula is C47H48O11. The van der Waals surface area contributed by atoms with E-state index in [2.05, 4.69) is 0 Å². The van der Waals surface area contributed by atoms with Gasteiger partial charge in [0.1, 0.15) is 43.2 Å². The van der Waals surface area contributed by atoms with Crippen LogP contribution >= 0.6 is 0 Å². The molecular weight excluding hydrogens is 741 g/mol. The Balaban J connectivity index is 1.07. The average Bonchev–Trinajstić information content (AvgIpc) is 3.28. The highest BCUT2D eigenvalue weighted by Crippen LogP contribution is 2.32. The molecule has 0 amide bonds. The van der Waals surface area contributed by atoms with Crippen LogP contribution in [0.3, 0.4) is 0 Å². The molecule has 0 aliphatic carbocycles. The molecule has 0 aromatic heterocycles. The first-order valence-corrected chi connectivity index (χ1v) is 19.6. The normalized spacial score (nSPS) is 24.4. The van der Waals surface area contributed by atoms with Crippen molar-refractivity contribution >= 4 is 11.9 Å². The lowest BCUT2D eigenvalue weighted by atomic mass is 9.98. The minimum Gasteiger partial charge on any atom is -0.459 e. The summed E-state index contributed by atoms with van der Waals surface area (Å²) in [5, 5.41) is 11.5. The third kappa shape index (κ3) is 11.5. The molecule has 0 radical (unpaired) electrons. The first-order valence-electron chi connectivity index (χ1n) is 19.6. The SMILES string of the molecule is O=C(OC[C@H]1O[C@H](OC[C@H]2O[C@H](O)[C@H](OCc3ccccc3)[C@@H](OCc3ccccc3)[C@@H]2OCc2ccccc2)CC[C@H]1OC(=O)c1ccccc1)c1ccccc1. The summed E-state index contributed by atoms with van der Waals surface area (Å²) in [7, 11) is 0. The van der Waals surface area contributed by atoms with Crippen LogP contribution in [0.15, 0.2) is 152 Å². The Labute approximate surface area is 338 Å². The number of carbonyl (C=O) groups is 2. The van der Waals surface area contributed by atoms with Gasteiger partial charge in [0.05, 0.1) is 37.6 Å². The largest absolute Gasteiger partial charge is 0.459 e. The van der Waals surface area contributed by atoms with Gasteiger partial charge < -0.3 is 43.0 Å². The second-order valence-corrected chi connectivity index (χ2v) is 14.1. The number of rotatable bonds is 17. The molecule has 0 saturated carbocycles. The topological polar surface area (TPSA) is 128 Å². The van der Waals surface area contributed by atoms with E-state index in [-0.39, 0.29) is 33.0 Å². The molecule has 5 aromatic rings. The van der Waals surface area contributed by atoms with Gasteiger partial charge in [0.25, 0.3) is 0 Å². The summed E-state index contributed by atoms with van der Waals surface area (Å²) in [6, 6.07) is 46.5. The lowest BCUT2D eigenvalue weighted by Gasteiger charge is -2.45. The standard InChI is InChI=1S/C47H48O11/c48-45(36-22-12-4-13-23-36)55-31-39-38(57-46(49)37-24-14-5-15-25-37)26-27-41(56-39)51-32-40-42(52-28-33-16-6-1-7-17-33)43(53-29-34-18-8-2-9-19-34)44(47(50)58-40)54-30-35-20-10-3-11-21-35/h1-25,38-44,47,50H,26-32H2/t38-,39-,40-,41+,42-,43+,44-,47+/m1/s1. The van der Waals surface area contributed by atoms with Crippen molar-refractivity contribution in [1.82, 2.24) is 0 Å². The number of aliphatic hydroxyl groups is 1. The van der Waals surface area contributed by atoms with Gasteiger partial charge in [0, 0.05) is 6.42 Å². The van der Waals surface area contributed by atoms with Gasteiger partial charge in [-0.25, -0.2) is 9.59 Å². The van der Waals surface area contributed by atoms with Gasteiger partial charge in [-0.15, -0.1) is 0 Å². The number of carbonyl (C=O) groups excluding carboxylic acids is 2. The fourth-order valence-corrected chi connectivity index (χ4v) is 6.94. The Morgan fingerprint density at radius 1 is 0.500 bits per heavy atom. The number of esters is 2. The van der Waals surface area contributed by atoms with Crippen LogP contribution in [0.4, 0.5) is 0 Å². The number of hydrogen-bond donors (Lipinski definition) is 1. The fourth-order valence-electron chi connectivity index (χ4n) is 6.94. The maximum atomic E-state index is 13.1. The van der Waals surface area contributed by atoms with Crippen LogP contribution in [0.5, 0.6) is 0 Å². The second kappa shape index (κ2) is 21.0. The average molecular weight is 789 g/mol. The summed E-state index contributed by atoms with van der Waals surface area (Å²) in [6.45, 7) is 0.452. The summed E-state index contributed by atoms with van der Waals surface area (Å²) in [6.07, 6.45) is -6.24. The first-order chi connectivity index (χ1) is 28.5. The van der Waals surface area contributed by atoms with Gasteiger partial charge in [-0.1, -0.05) is 127 Å². The van der Waals surface area contributed by atoms with Gasteiger partial charge in [0.15, 0.2) is 12.6 Å². The molecule has 2 saturated heterocycles. The predicted octanol–water partition coefficient (Wildman–Crippen LogP) is 7.06. The highest BCUT2D eigenvalue weighted by atomic mass is 16.7. The fraction of sp³-hybridized carbons (Fsp3) is 0.319. The molecule has 2 aliphatic heterocycles. The zero-order chi connectivity index (χ0) is 39.9. The van der Waals surface area contributed by atoms with E-state index in [0.29, 0.717) is 24.0 Å². The van der Waals surface area contributed by atoms with E-state index in [4.69, 9.17) is 37.9 Å². The zero-order valence-corrected chi connectivity index (χ0v) is 32.0. The van der Waals surface area contributed by atoms with Crippen molar-refractivity contribution in [3.8, 4) is 0 Å². The Kier molecular flexibility index (Phi) is 14.8. The van der Waals surface area contributed by atoms with Crippen molar-refractivity contribution in [2.75, 3.05) is 13.2 Å². The van der Waals surface area contributed by atoms with Crippen molar-refractivity contribution in [3.05, 3.63) is 179 Å². The van der Waals surface area contributed by atoms with Crippen LogP contribution in [0, 0.1) is 0 Å². The van der Waals surface area contributed by atoms with E-state index in [1.54, 1.807) is 48.5 Å². The van der Waals surface area contributed by atoms with Crippen molar-refractivity contribution in [3.63, 3.8) is 0 Å². The molecule has 7 rings (SSSR count). The quantitative estimate of drug-likeness (QED) is 0.0973. The smallest absolute Gasteiger partial charge is 0.338 e. The molecule has 302 valence electrons. The van der Waals surface area contributed by atoms with E-state index in [1.807, 2.05) is 103 Å². The Bertz CT molecular complexity index is 1970. The van der Waals surface area contributed by atoms with Crippen LogP contribution in [-0.2, 0) is 57.7 Å². The maximum absolute atomic E-state index is 13.1. The molecule has 2 fully saturated rings. The molecule has 58 heavy (non-hydrogen) atoms. The van der Waals surface area contributed by atoms with Crippen LogP contribution < -0.4 is 0 Å². The van der Waals surface area contributed by atoms with E-state index in [1.165, 1.54) is 0 Å². The monoisotopic (exact) mass is 788 g/mol. The predicted molar refractivity (Wildman–Crippen MR) is 212 cm³/mol. The lowest BCUT2D eigenvalue weighted by molar-refractivity contribution is -0.325. The number of hydrogen-bond acceptors (Lipinski definition) is 11. The van der Waals surface area contributed by atoms with E-state index in [9.17, 15) is 14.7 Å². The van der Waals surface area contributed by atoms with Gasteiger partial charge in [-0.3, -0.25) is 0 Å². The molecule has 11 nitrogen and oxygen atoms in total. The van der Waals surface area contributed by atoms with E-state index in [0.717, 1.165) is 16.7 Å². The molecule has 2 aliphatic rings. The van der Waals surface area contributed by atoms with Crippen LogP contribution in [-0.4, -0.2) is 79.5 Å². The molecule has 8 atom stereocenters. The molecule has 0 bridgehead atoms. The number of aliphatic hydroxyl groups excluding tert-OH is 1. The molecule has 2 heterocycles. The van der Waals surface area contributed by atoms with Crippen LogP contribution in [0.25, 0.3) is 0 Å². The highest BCUT2D eigenvalue weighted by molar-refractivity contribution is 5.90. The minimum absolute atomic E-state index is 0.0528. The summed E-state index contributed by atoms with van der Waals surface area (Å²) < 4.78 is 50.1. The van der Waals surface area contributed by atoms with Gasteiger partial charge >= 0.3 is 11.9 Å². The number of ether oxygens (including phenoxy) is 8. The molecule has 0 spiro atoms. The van der Waals surface area contributed by atoms with E-state index < -0.39 is 61.1 Å². The highest BCUT2D eigenvalue weighted by Gasteiger charge is 2.48. The lowest BCUT2D eigenvalue weighted by Crippen LogP contribution is -2.61. The minimum atomic E-state index is -1.38. The molecule has 11 heteroatoms. The van der Waals surface area contributed by atoms with Crippen molar-refractivity contribution in [2.24, 2.45) is 0 Å². The van der Waals surface area contributed by atoms with Gasteiger partial charge in [-0.2, -0.15) is 0 Å². The summed E-state index contributed by atoms with van der Waals surface area (Å²) >= 11 is 0. The third-order valence-corrected chi connectivity index (χ3v) is 10.00. The summed E-state index contributed by atoms with van der Waals surface area (Å²) in [4.78, 5) is 26.0. The van der Waals surface area contributed by atoms with Crippen molar-refractivity contribution in [1.29, 1.82) is 0 Å². The van der Waals surface area contributed by atoms with Crippen LogP contribution in [0.1, 0.15) is 50.2 Å². The van der Waals surface area contributed by atoms with E-state index >= 15 is 0 Å². The summed E-state index contributed by atoms with van der Waals surface area (Å²) in [5.41, 5.74) is 3.59. The van der Waals surface area contributed by atoms with Crippen LogP contribution in [0.2, 0.25) is 0 Å². The van der Waals surface area contributed by atoms with Crippen molar-refractivity contribution < 1.29 is 52.6 Å². The molecule has 1 N–H and O–H groups in total. The van der Waals surface area contributed by atoms with Gasteiger partial charge in [-0.05, 0) is 47.4 Å². The Morgan fingerprint density at radius 2 is 0.966 bits per heavy atom. The number of benzene rings is 5. The Hall–Kier alpha value is -5.24. The Morgan fingerprint density at radius 3 is 1.50 bits per heavy atom.